The Bertz CT molecular complexity index is 1250. The number of fused-ring (bicyclic) bond motifs is 1. The van der Waals surface area contributed by atoms with Gasteiger partial charge in [-0.2, -0.15) is 4.31 Å². The van der Waals surface area contributed by atoms with Gasteiger partial charge in [-0.1, -0.05) is 42.5 Å². The number of hydrogen-bond donors (Lipinski definition) is 1. The summed E-state index contributed by atoms with van der Waals surface area (Å²) in [5.41, 5.74) is 1.86. The zero-order valence-electron chi connectivity index (χ0n) is 19.5. The van der Waals surface area contributed by atoms with Crippen molar-refractivity contribution in [2.24, 2.45) is 0 Å². The first-order valence-electron chi connectivity index (χ1n) is 11.3. The van der Waals surface area contributed by atoms with Gasteiger partial charge in [0.25, 0.3) is 0 Å². The monoisotopic (exact) mass is 496 g/mol. The highest BCUT2D eigenvalue weighted by atomic mass is 32.2. The molecule has 3 aromatic carbocycles. The molecular formula is C26H28N2O6S. The zero-order chi connectivity index (χ0) is 24.7. The molecule has 0 fully saturated rings. The van der Waals surface area contributed by atoms with E-state index >= 15 is 0 Å². The van der Waals surface area contributed by atoms with E-state index in [1.807, 2.05) is 42.5 Å². The highest BCUT2D eigenvalue weighted by molar-refractivity contribution is 7.89. The molecule has 35 heavy (non-hydrogen) atoms. The minimum atomic E-state index is -3.97. The van der Waals surface area contributed by atoms with Gasteiger partial charge in [0, 0.05) is 19.2 Å². The largest absolute Gasteiger partial charge is 0.497 e. The van der Waals surface area contributed by atoms with Crippen LogP contribution in [0.3, 0.4) is 0 Å². The highest BCUT2D eigenvalue weighted by Crippen LogP contribution is 2.33. The molecule has 9 heteroatoms. The molecule has 8 nitrogen and oxygen atoms in total. The Labute approximate surface area is 205 Å². The van der Waals surface area contributed by atoms with Crippen LogP contribution >= 0.6 is 0 Å². The van der Waals surface area contributed by atoms with E-state index in [1.165, 1.54) is 16.4 Å². The summed E-state index contributed by atoms with van der Waals surface area (Å²) in [5, 5.41) is 2.81. The summed E-state index contributed by atoms with van der Waals surface area (Å²) in [6.07, 6.45) is 0.469. The second kappa shape index (κ2) is 11.2. The van der Waals surface area contributed by atoms with Gasteiger partial charge in [-0.05, 0) is 41.8 Å². The maximum absolute atomic E-state index is 13.6. The summed E-state index contributed by atoms with van der Waals surface area (Å²) in [4.78, 5) is 12.8. The number of methoxy groups -OCH3 is 1. The minimum Gasteiger partial charge on any atom is -0.497 e. The van der Waals surface area contributed by atoms with Crippen LogP contribution in [0.15, 0.2) is 77.7 Å². The lowest BCUT2D eigenvalue weighted by atomic mass is 10.1. The van der Waals surface area contributed by atoms with E-state index in [2.05, 4.69) is 5.32 Å². The predicted octanol–water partition coefficient (Wildman–Crippen LogP) is 3.02. The highest BCUT2D eigenvalue weighted by Gasteiger charge is 2.28. The summed E-state index contributed by atoms with van der Waals surface area (Å²) in [5.74, 6) is 1.21. The van der Waals surface area contributed by atoms with E-state index in [4.69, 9.17) is 14.2 Å². The molecule has 1 aliphatic rings. The molecule has 1 amide bonds. The first-order chi connectivity index (χ1) is 17.0. The van der Waals surface area contributed by atoms with Gasteiger partial charge in [-0.3, -0.25) is 4.79 Å². The number of carbonyl (C=O) groups is 1. The van der Waals surface area contributed by atoms with Crippen LogP contribution in [-0.4, -0.2) is 52.0 Å². The van der Waals surface area contributed by atoms with Crippen LogP contribution in [0.5, 0.6) is 17.2 Å². The van der Waals surface area contributed by atoms with Gasteiger partial charge in [-0.15, -0.1) is 0 Å². The van der Waals surface area contributed by atoms with Crippen LogP contribution in [0.1, 0.15) is 11.1 Å². The Balaban J connectivity index is 1.50. The number of nitrogens with zero attached hydrogens (tertiary/aromatic N) is 1. The van der Waals surface area contributed by atoms with Gasteiger partial charge in [0.15, 0.2) is 11.5 Å². The molecule has 0 aromatic heterocycles. The van der Waals surface area contributed by atoms with Gasteiger partial charge in [-0.25, -0.2) is 8.42 Å². The number of amides is 1. The maximum Gasteiger partial charge on any atom is 0.243 e. The smallest absolute Gasteiger partial charge is 0.243 e. The van der Waals surface area contributed by atoms with Crippen molar-refractivity contribution in [2.45, 2.75) is 17.9 Å². The molecule has 184 valence electrons. The molecule has 3 aromatic rings. The topological polar surface area (TPSA) is 94.2 Å². The third-order valence-corrected chi connectivity index (χ3v) is 7.45. The molecule has 0 saturated carbocycles. The third kappa shape index (κ3) is 6.32. The van der Waals surface area contributed by atoms with Crippen molar-refractivity contribution in [3.63, 3.8) is 0 Å². The van der Waals surface area contributed by atoms with E-state index in [-0.39, 0.29) is 24.5 Å². The molecule has 0 bridgehead atoms. The van der Waals surface area contributed by atoms with E-state index in [0.29, 0.717) is 31.1 Å². The maximum atomic E-state index is 13.6. The number of ether oxygens (including phenoxy) is 3. The second-order valence-corrected chi connectivity index (χ2v) is 9.94. The Morgan fingerprint density at radius 1 is 0.943 bits per heavy atom. The average Bonchev–Trinajstić information content (AvgIpc) is 2.90. The predicted molar refractivity (Wildman–Crippen MR) is 131 cm³/mol. The first kappa shape index (κ1) is 24.6. The molecule has 0 radical (unpaired) electrons. The van der Waals surface area contributed by atoms with Crippen molar-refractivity contribution in [3.8, 4) is 17.2 Å². The average molecular weight is 497 g/mol. The molecule has 1 aliphatic heterocycles. The number of rotatable bonds is 10. The van der Waals surface area contributed by atoms with Gasteiger partial charge in [0.1, 0.15) is 19.0 Å². The van der Waals surface area contributed by atoms with E-state index in [9.17, 15) is 13.2 Å². The van der Waals surface area contributed by atoms with Crippen LogP contribution in [-0.2, 0) is 27.8 Å². The van der Waals surface area contributed by atoms with Crippen LogP contribution < -0.4 is 19.5 Å². The Hall–Kier alpha value is -3.56. The number of benzene rings is 3. The fourth-order valence-electron chi connectivity index (χ4n) is 3.68. The Kier molecular flexibility index (Phi) is 7.89. The van der Waals surface area contributed by atoms with Crippen molar-refractivity contribution >= 4 is 15.9 Å². The summed E-state index contributed by atoms with van der Waals surface area (Å²) < 4.78 is 44.5. The standard InChI is InChI=1S/C26H28N2O6S/c1-32-22-9-7-21(8-10-22)18-27-26(29)19-28(14-13-20-5-3-2-4-6-20)35(30,31)23-11-12-24-25(17-23)34-16-15-33-24/h2-12,17H,13-16,18-19H2,1H3,(H,27,29). The van der Waals surface area contributed by atoms with Crippen LogP contribution in [0.2, 0.25) is 0 Å². The number of sulfonamides is 1. The van der Waals surface area contributed by atoms with Crippen molar-refractivity contribution in [3.05, 3.63) is 83.9 Å². The summed E-state index contributed by atoms with van der Waals surface area (Å²) in [6, 6.07) is 21.4. The second-order valence-electron chi connectivity index (χ2n) is 8.00. The SMILES string of the molecule is COc1ccc(CNC(=O)CN(CCc2ccccc2)S(=O)(=O)c2ccc3c(c2)OCCO3)cc1. The third-order valence-electron chi connectivity index (χ3n) is 5.61. The van der Waals surface area contributed by atoms with E-state index in [1.54, 1.807) is 25.3 Å². The molecule has 0 saturated heterocycles. The van der Waals surface area contributed by atoms with Crippen molar-refractivity contribution in [1.82, 2.24) is 9.62 Å². The molecule has 0 spiro atoms. The lowest BCUT2D eigenvalue weighted by molar-refractivity contribution is -0.121. The molecule has 1 N–H and O–H groups in total. The van der Waals surface area contributed by atoms with Crippen LogP contribution in [0, 0.1) is 0 Å². The minimum absolute atomic E-state index is 0.0535. The van der Waals surface area contributed by atoms with E-state index in [0.717, 1.165) is 16.9 Å². The molecule has 0 aliphatic carbocycles. The van der Waals surface area contributed by atoms with Crippen molar-refractivity contribution < 1.29 is 27.4 Å². The lowest BCUT2D eigenvalue weighted by Gasteiger charge is -2.24. The molecule has 4 rings (SSSR count). The first-order valence-corrected chi connectivity index (χ1v) is 12.7. The Morgan fingerprint density at radius 3 is 2.37 bits per heavy atom. The summed E-state index contributed by atoms with van der Waals surface area (Å²) >= 11 is 0. The Morgan fingerprint density at radius 2 is 1.66 bits per heavy atom. The fraction of sp³-hybridized carbons (Fsp3) is 0.269. The lowest BCUT2D eigenvalue weighted by Crippen LogP contribution is -2.41. The van der Waals surface area contributed by atoms with Gasteiger partial charge in [0.2, 0.25) is 15.9 Å². The number of hydrogen-bond acceptors (Lipinski definition) is 6. The molecular weight excluding hydrogens is 468 g/mol. The number of nitrogens with one attached hydrogen (secondary N) is 1. The van der Waals surface area contributed by atoms with Crippen LogP contribution in [0.4, 0.5) is 0 Å². The number of carbonyl (C=O) groups excluding carboxylic acids is 1. The zero-order valence-corrected chi connectivity index (χ0v) is 20.3. The fourth-order valence-corrected chi connectivity index (χ4v) is 5.09. The van der Waals surface area contributed by atoms with Crippen molar-refractivity contribution in [2.75, 3.05) is 33.4 Å². The normalized spacial score (nSPS) is 12.9. The van der Waals surface area contributed by atoms with Gasteiger partial charge < -0.3 is 19.5 Å². The quantitative estimate of drug-likeness (QED) is 0.464. The van der Waals surface area contributed by atoms with Crippen molar-refractivity contribution in [1.29, 1.82) is 0 Å². The van der Waals surface area contributed by atoms with Gasteiger partial charge in [0.05, 0.1) is 18.6 Å². The van der Waals surface area contributed by atoms with Crippen LogP contribution in [0.25, 0.3) is 0 Å². The summed E-state index contributed by atoms with van der Waals surface area (Å²) in [7, 11) is -2.39. The molecule has 1 heterocycles. The molecule has 0 atom stereocenters. The molecule has 0 unspecified atom stereocenters. The van der Waals surface area contributed by atoms with Gasteiger partial charge >= 0.3 is 0 Å². The summed E-state index contributed by atoms with van der Waals surface area (Å²) in [6.45, 7) is 0.884. The van der Waals surface area contributed by atoms with E-state index < -0.39 is 15.9 Å².